The lowest BCUT2D eigenvalue weighted by molar-refractivity contribution is -0.151. The third-order valence-electron chi connectivity index (χ3n) is 10.3. The van der Waals surface area contributed by atoms with Crippen molar-refractivity contribution in [1.82, 2.24) is 5.32 Å². The predicted octanol–water partition coefficient (Wildman–Crippen LogP) is 13.7. The molecule has 0 saturated carbocycles. The normalized spacial score (nSPS) is 13.9. The van der Waals surface area contributed by atoms with Crippen LogP contribution >= 0.6 is 0 Å². The summed E-state index contributed by atoms with van der Waals surface area (Å²) in [6.45, 7) is 6.34. The standard InChI is InChI=1S/C50H89NO5/c1-4-7-10-13-16-19-21-22-23-24-25-26-27-28-29-31-34-37-40-43-50(55)56-46(41-38-35-32-18-15-12-9-6-3)44-49(54)51-47(45-52)48(53)42-39-36-33-30-20-17-14-11-8-5-2/h12,15-16,19,22-23,25-26,28-29,46-48,52-53H,4-11,13-14,17-18,20-21,24,27,30-45H2,1-3H3,(H,51,54)/b15-12-,19-16-,23-22-,26-25-,29-28-. The summed E-state index contributed by atoms with van der Waals surface area (Å²) in [6, 6.07) is -0.711. The molecule has 0 saturated heterocycles. The number of nitrogens with one attached hydrogen (secondary N) is 1. The third-order valence-corrected chi connectivity index (χ3v) is 10.3. The average molecular weight is 784 g/mol. The first kappa shape index (κ1) is 53.6. The quantitative estimate of drug-likeness (QED) is 0.0326. The van der Waals surface area contributed by atoms with Crippen molar-refractivity contribution in [3.05, 3.63) is 60.8 Å². The molecule has 0 aromatic rings. The summed E-state index contributed by atoms with van der Waals surface area (Å²) in [4.78, 5) is 25.9. The van der Waals surface area contributed by atoms with Gasteiger partial charge in [0.05, 0.1) is 25.2 Å². The number of aliphatic hydroxyl groups excluding tert-OH is 2. The van der Waals surface area contributed by atoms with E-state index in [1.54, 1.807) is 0 Å². The Kier molecular flexibility index (Phi) is 41.8. The smallest absolute Gasteiger partial charge is 0.306 e. The molecule has 0 fully saturated rings. The van der Waals surface area contributed by atoms with E-state index in [2.05, 4.69) is 86.8 Å². The van der Waals surface area contributed by atoms with Gasteiger partial charge in [-0.15, -0.1) is 0 Å². The van der Waals surface area contributed by atoms with Crippen LogP contribution in [0.4, 0.5) is 0 Å². The van der Waals surface area contributed by atoms with Crippen molar-refractivity contribution < 1.29 is 24.5 Å². The van der Waals surface area contributed by atoms with E-state index in [0.29, 0.717) is 19.3 Å². The molecule has 324 valence electrons. The zero-order valence-corrected chi connectivity index (χ0v) is 36.8. The van der Waals surface area contributed by atoms with E-state index in [4.69, 9.17) is 4.74 Å². The van der Waals surface area contributed by atoms with Gasteiger partial charge < -0.3 is 20.3 Å². The van der Waals surface area contributed by atoms with Crippen LogP contribution in [0.2, 0.25) is 0 Å². The molecule has 0 rings (SSSR count). The number of carbonyl (C=O) groups is 2. The number of aliphatic hydroxyl groups is 2. The fraction of sp³-hybridized carbons (Fsp3) is 0.760. The topological polar surface area (TPSA) is 95.9 Å². The van der Waals surface area contributed by atoms with Crippen molar-refractivity contribution in [3.8, 4) is 0 Å². The van der Waals surface area contributed by atoms with Crippen molar-refractivity contribution in [2.75, 3.05) is 6.61 Å². The molecule has 0 spiro atoms. The zero-order valence-electron chi connectivity index (χ0n) is 36.8. The van der Waals surface area contributed by atoms with Gasteiger partial charge >= 0.3 is 5.97 Å². The molecule has 0 aliphatic heterocycles. The SMILES string of the molecule is CCC/C=C\CCCCCC(CC(=O)NC(CO)C(O)CCCCCCCCCCCC)OC(=O)CCCCC/C=C\C/C=C\C/C=C\C/C=C\CCCCC. The monoisotopic (exact) mass is 784 g/mol. The first-order valence-electron chi connectivity index (χ1n) is 23.5. The number of amides is 1. The van der Waals surface area contributed by atoms with Gasteiger partial charge in [0.25, 0.3) is 0 Å². The summed E-state index contributed by atoms with van der Waals surface area (Å²) in [7, 11) is 0. The van der Waals surface area contributed by atoms with Gasteiger partial charge in [-0.2, -0.15) is 0 Å². The second kappa shape index (κ2) is 43.7. The number of unbranched alkanes of at least 4 members (excludes halogenated alkanes) is 19. The van der Waals surface area contributed by atoms with Crippen LogP contribution in [0, 0.1) is 0 Å². The second-order valence-electron chi connectivity index (χ2n) is 15.8. The number of hydrogen-bond acceptors (Lipinski definition) is 5. The molecule has 0 bridgehead atoms. The molecule has 0 heterocycles. The predicted molar refractivity (Wildman–Crippen MR) is 241 cm³/mol. The molecule has 3 N–H and O–H groups in total. The summed E-state index contributed by atoms with van der Waals surface area (Å²) < 4.78 is 5.86. The van der Waals surface area contributed by atoms with E-state index in [0.717, 1.165) is 103 Å². The Morgan fingerprint density at radius 1 is 0.518 bits per heavy atom. The molecule has 3 unspecified atom stereocenters. The minimum atomic E-state index is -0.795. The van der Waals surface area contributed by atoms with Crippen LogP contribution in [0.25, 0.3) is 0 Å². The van der Waals surface area contributed by atoms with Gasteiger partial charge in [0.2, 0.25) is 5.91 Å². The van der Waals surface area contributed by atoms with Gasteiger partial charge in [0.15, 0.2) is 0 Å². The van der Waals surface area contributed by atoms with E-state index < -0.39 is 18.2 Å². The number of ether oxygens (including phenoxy) is 1. The van der Waals surface area contributed by atoms with E-state index in [1.807, 2.05) is 0 Å². The molecule has 0 aliphatic rings. The van der Waals surface area contributed by atoms with Crippen molar-refractivity contribution in [3.63, 3.8) is 0 Å². The lowest BCUT2D eigenvalue weighted by atomic mass is 10.0. The molecule has 0 aromatic heterocycles. The average Bonchev–Trinajstić information content (AvgIpc) is 3.19. The summed E-state index contributed by atoms with van der Waals surface area (Å²) in [5.74, 6) is -0.534. The second-order valence-corrected chi connectivity index (χ2v) is 15.8. The number of hydrogen-bond donors (Lipinski definition) is 3. The van der Waals surface area contributed by atoms with Gasteiger partial charge in [-0.05, 0) is 89.9 Å². The molecule has 0 radical (unpaired) electrons. The molecule has 56 heavy (non-hydrogen) atoms. The number of allylic oxidation sites excluding steroid dienone is 10. The first-order valence-corrected chi connectivity index (χ1v) is 23.5. The molecule has 0 aromatic carbocycles. The number of esters is 1. The van der Waals surface area contributed by atoms with Gasteiger partial charge in [0.1, 0.15) is 6.10 Å². The van der Waals surface area contributed by atoms with Gasteiger partial charge in [0, 0.05) is 6.42 Å². The van der Waals surface area contributed by atoms with Crippen LogP contribution < -0.4 is 5.32 Å². The van der Waals surface area contributed by atoms with E-state index in [-0.39, 0.29) is 24.9 Å². The fourth-order valence-electron chi connectivity index (χ4n) is 6.71. The van der Waals surface area contributed by atoms with E-state index in [9.17, 15) is 19.8 Å². The summed E-state index contributed by atoms with van der Waals surface area (Å²) >= 11 is 0. The minimum Gasteiger partial charge on any atom is -0.462 e. The first-order chi connectivity index (χ1) is 27.5. The summed E-state index contributed by atoms with van der Waals surface area (Å²) in [5, 5.41) is 23.6. The largest absolute Gasteiger partial charge is 0.462 e. The van der Waals surface area contributed by atoms with Crippen LogP contribution in [0.3, 0.4) is 0 Å². The van der Waals surface area contributed by atoms with Crippen LogP contribution in [0.5, 0.6) is 0 Å². The van der Waals surface area contributed by atoms with Gasteiger partial charge in [-0.3, -0.25) is 9.59 Å². The maximum atomic E-state index is 13.1. The minimum absolute atomic E-state index is 0.0513. The van der Waals surface area contributed by atoms with Crippen molar-refractivity contribution in [2.24, 2.45) is 0 Å². The zero-order chi connectivity index (χ0) is 41.0. The van der Waals surface area contributed by atoms with Crippen LogP contribution in [-0.2, 0) is 14.3 Å². The van der Waals surface area contributed by atoms with Crippen LogP contribution in [0.1, 0.15) is 220 Å². The van der Waals surface area contributed by atoms with Crippen molar-refractivity contribution >= 4 is 11.9 Å². The summed E-state index contributed by atoms with van der Waals surface area (Å²) in [6.07, 6.45) is 52.9. The third kappa shape index (κ3) is 38.4. The van der Waals surface area contributed by atoms with Crippen molar-refractivity contribution in [2.45, 2.75) is 238 Å². The van der Waals surface area contributed by atoms with E-state index >= 15 is 0 Å². The number of carbonyl (C=O) groups excluding carboxylic acids is 2. The van der Waals surface area contributed by atoms with Gasteiger partial charge in [-0.25, -0.2) is 0 Å². The van der Waals surface area contributed by atoms with Crippen molar-refractivity contribution in [1.29, 1.82) is 0 Å². The Balaban J connectivity index is 4.52. The molecule has 6 heteroatoms. The highest BCUT2D eigenvalue weighted by molar-refractivity contribution is 5.77. The molecule has 0 aliphatic carbocycles. The fourth-order valence-corrected chi connectivity index (χ4v) is 6.71. The molecule has 6 nitrogen and oxygen atoms in total. The highest BCUT2D eigenvalue weighted by Gasteiger charge is 2.24. The lowest BCUT2D eigenvalue weighted by Gasteiger charge is -2.24. The molecular weight excluding hydrogens is 695 g/mol. The molecular formula is C50H89NO5. The Bertz CT molecular complexity index is 1010. The van der Waals surface area contributed by atoms with Crippen LogP contribution in [0.15, 0.2) is 60.8 Å². The lowest BCUT2D eigenvalue weighted by Crippen LogP contribution is -2.46. The van der Waals surface area contributed by atoms with Gasteiger partial charge in [-0.1, -0.05) is 178 Å². The Labute approximate surface area is 346 Å². The Hall–Kier alpha value is -2.44. The summed E-state index contributed by atoms with van der Waals surface area (Å²) in [5.41, 5.74) is 0. The van der Waals surface area contributed by atoms with E-state index in [1.165, 1.54) is 70.6 Å². The maximum absolute atomic E-state index is 13.1. The Morgan fingerprint density at radius 2 is 0.946 bits per heavy atom. The molecule has 1 amide bonds. The van der Waals surface area contributed by atoms with Crippen LogP contribution in [-0.4, -0.2) is 46.9 Å². The maximum Gasteiger partial charge on any atom is 0.306 e. The number of rotatable bonds is 41. The highest BCUT2D eigenvalue weighted by atomic mass is 16.5. The Morgan fingerprint density at radius 3 is 1.50 bits per heavy atom. The molecule has 3 atom stereocenters. The highest BCUT2D eigenvalue weighted by Crippen LogP contribution is 2.16.